The zero-order chi connectivity index (χ0) is 12.0. The van der Waals surface area contributed by atoms with Crippen molar-refractivity contribution in [1.82, 2.24) is 0 Å². The zero-order valence-corrected chi connectivity index (χ0v) is 11.0. The molecule has 0 aliphatic heterocycles. The fourth-order valence-corrected chi connectivity index (χ4v) is 1.89. The van der Waals surface area contributed by atoms with Crippen LogP contribution in [0.3, 0.4) is 0 Å². The third-order valence-electron chi connectivity index (χ3n) is 2.11. The highest BCUT2D eigenvalue weighted by molar-refractivity contribution is 6.35. The van der Waals surface area contributed by atoms with Crippen LogP contribution in [-0.4, -0.2) is 19.5 Å². The second-order valence-electron chi connectivity index (χ2n) is 3.28. The number of hydrogen-bond acceptors (Lipinski definition) is 2. The van der Waals surface area contributed by atoms with Crippen LogP contribution in [0, 0.1) is 0 Å². The molecule has 2 nitrogen and oxygen atoms in total. The lowest BCUT2D eigenvalue weighted by atomic mass is 10.1. The third-order valence-corrected chi connectivity index (χ3v) is 2.69. The van der Waals surface area contributed by atoms with Gasteiger partial charge in [-0.25, -0.2) is 0 Å². The molecule has 0 saturated carbocycles. The molecule has 1 rings (SSSR count). The molecular weight excluding hydrogens is 247 g/mol. The van der Waals surface area contributed by atoms with Gasteiger partial charge in [0.15, 0.2) is 6.29 Å². The summed E-state index contributed by atoms with van der Waals surface area (Å²) in [6.07, 6.45) is 0.395. The van der Waals surface area contributed by atoms with Crippen LogP contribution in [0.15, 0.2) is 18.2 Å². The van der Waals surface area contributed by atoms with Crippen LogP contribution < -0.4 is 0 Å². The average Bonchev–Trinajstić information content (AvgIpc) is 2.23. The Bertz CT molecular complexity index is 323. The number of hydrogen-bond donors (Lipinski definition) is 0. The summed E-state index contributed by atoms with van der Waals surface area (Å²) < 4.78 is 10.9. The minimum absolute atomic E-state index is 0.242. The quantitative estimate of drug-likeness (QED) is 0.724. The van der Waals surface area contributed by atoms with Crippen molar-refractivity contribution in [3.05, 3.63) is 33.8 Å². The lowest BCUT2D eigenvalue weighted by molar-refractivity contribution is -0.134. The molecule has 0 aromatic heterocycles. The molecule has 0 bridgehead atoms. The van der Waals surface area contributed by atoms with E-state index in [-0.39, 0.29) is 6.29 Å². The van der Waals surface area contributed by atoms with Crippen LogP contribution in [0.1, 0.15) is 19.4 Å². The normalized spacial score (nSPS) is 11.1. The van der Waals surface area contributed by atoms with Crippen LogP contribution in [-0.2, 0) is 15.9 Å². The van der Waals surface area contributed by atoms with E-state index < -0.39 is 0 Å². The van der Waals surface area contributed by atoms with Gasteiger partial charge in [-0.15, -0.1) is 0 Å². The van der Waals surface area contributed by atoms with Crippen molar-refractivity contribution in [2.75, 3.05) is 13.2 Å². The summed E-state index contributed by atoms with van der Waals surface area (Å²) in [7, 11) is 0. The Kier molecular flexibility index (Phi) is 6.14. The summed E-state index contributed by atoms with van der Waals surface area (Å²) in [4.78, 5) is 0. The fourth-order valence-electron chi connectivity index (χ4n) is 1.40. The van der Waals surface area contributed by atoms with Gasteiger partial charge in [0.05, 0.1) is 0 Å². The van der Waals surface area contributed by atoms with Gasteiger partial charge in [-0.3, -0.25) is 0 Å². The van der Waals surface area contributed by atoms with E-state index in [1.54, 1.807) is 6.07 Å². The molecule has 16 heavy (non-hydrogen) atoms. The summed E-state index contributed by atoms with van der Waals surface area (Å²) in [5.41, 5.74) is 0.984. The second kappa shape index (κ2) is 7.13. The molecular formula is C12H16Cl2O2. The lowest BCUT2D eigenvalue weighted by Crippen LogP contribution is -2.20. The number of halogens is 2. The van der Waals surface area contributed by atoms with Gasteiger partial charge in [0, 0.05) is 29.7 Å². The molecule has 0 amide bonds. The van der Waals surface area contributed by atoms with Gasteiger partial charge in [0.25, 0.3) is 0 Å². The first-order valence-corrected chi connectivity index (χ1v) is 6.10. The number of rotatable bonds is 6. The first-order valence-electron chi connectivity index (χ1n) is 5.34. The monoisotopic (exact) mass is 262 g/mol. The zero-order valence-electron chi connectivity index (χ0n) is 9.50. The van der Waals surface area contributed by atoms with E-state index in [0.717, 1.165) is 5.56 Å². The SMILES string of the molecule is CCOC(Cc1ccc(Cl)cc1Cl)OCC. The third kappa shape index (κ3) is 4.30. The van der Waals surface area contributed by atoms with Crippen molar-refractivity contribution < 1.29 is 9.47 Å². The van der Waals surface area contributed by atoms with E-state index in [1.165, 1.54) is 0 Å². The molecule has 1 aromatic carbocycles. The molecule has 0 radical (unpaired) electrons. The summed E-state index contributed by atoms with van der Waals surface area (Å²) >= 11 is 11.9. The van der Waals surface area contributed by atoms with E-state index >= 15 is 0 Å². The van der Waals surface area contributed by atoms with E-state index in [4.69, 9.17) is 32.7 Å². The van der Waals surface area contributed by atoms with Gasteiger partial charge in [0.1, 0.15) is 0 Å². The van der Waals surface area contributed by atoms with Gasteiger partial charge in [-0.1, -0.05) is 29.3 Å². The molecule has 0 heterocycles. The summed E-state index contributed by atoms with van der Waals surface area (Å²) in [6, 6.07) is 5.45. The van der Waals surface area contributed by atoms with Crippen LogP contribution in [0.25, 0.3) is 0 Å². The molecule has 0 fully saturated rings. The molecule has 90 valence electrons. The van der Waals surface area contributed by atoms with E-state index in [0.29, 0.717) is 29.7 Å². The Labute approximate surface area is 106 Å². The Balaban J connectivity index is 2.68. The maximum atomic E-state index is 6.08. The van der Waals surface area contributed by atoms with Crippen molar-refractivity contribution >= 4 is 23.2 Å². The predicted molar refractivity (Wildman–Crippen MR) is 67.2 cm³/mol. The largest absolute Gasteiger partial charge is 0.353 e. The summed E-state index contributed by atoms with van der Waals surface area (Å²) in [5.74, 6) is 0. The van der Waals surface area contributed by atoms with Crippen LogP contribution in [0.4, 0.5) is 0 Å². The van der Waals surface area contributed by atoms with Crippen molar-refractivity contribution in [2.45, 2.75) is 26.6 Å². The Morgan fingerprint density at radius 1 is 1.12 bits per heavy atom. The number of ether oxygens (including phenoxy) is 2. The minimum atomic E-state index is -0.242. The molecule has 0 aliphatic rings. The molecule has 0 N–H and O–H groups in total. The Morgan fingerprint density at radius 2 is 1.75 bits per heavy atom. The second-order valence-corrected chi connectivity index (χ2v) is 4.12. The average molecular weight is 263 g/mol. The van der Waals surface area contributed by atoms with Crippen molar-refractivity contribution in [3.63, 3.8) is 0 Å². The lowest BCUT2D eigenvalue weighted by Gasteiger charge is -2.17. The smallest absolute Gasteiger partial charge is 0.161 e. The van der Waals surface area contributed by atoms with E-state index in [1.807, 2.05) is 26.0 Å². The van der Waals surface area contributed by atoms with Crippen LogP contribution in [0.2, 0.25) is 10.0 Å². The molecule has 0 spiro atoms. The van der Waals surface area contributed by atoms with Gasteiger partial charge in [-0.2, -0.15) is 0 Å². The van der Waals surface area contributed by atoms with E-state index in [9.17, 15) is 0 Å². The highest BCUT2D eigenvalue weighted by atomic mass is 35.5. The highest BCUT2D eigenvalue weighted by Crippen LogP contribution is 2.22. The Hall–Kier alpha value is -0.280. The van der Waals surface area contributed by atoms with Gasteiger partial charge in [-0.05, 0) is 31.5 Å². The van der Waals surface area contributed by atoms with Crippen molar-refractivity contribution in [1.29, 1.82) is 0 Å². The first-order chi connectivity index (χ1) is 7.67. The maximum absolute atomic E-state index is 6.08. The van der Waals surface area contributed by atoms with Gasteiger partial charge >= 0.3 is 0 Å². The minimum Gasteiger partial charge on any atom is -0.353 e. The molecule has 0 atom stereocenters. The molecule has 4 heteroatoms. The Morgan fingerprint density at radius 3 is 2.25 bits per heavy atom. The molecule has 0 saturated heterocycles. The van der Waals surface area contributed by atoms with Crippen molar-refractivity contribution in [3.8, 4) is 0 Å². The molecule has 0 unspecified atom stereocenters. The molecule has 1 aromatic rings. The van der Waals surface area contributed by atoms with Crippen LogP contribution in [0.5, 0.6) is 0 Å². The summed E-state index contributed by atoms with van der Waals surface area (Å²) in [6.45, 7) is 5.12. The fraction of sp³-hybridized carbons (Fsp3) is 0.500. The first kappa shape index (κ1) is 13.8. The predicted octanol–water partition coefficient (Wildman–Crippen LogP) is 3.94. The summed E-state index contributed by atoms with van der Waals surface area (Å²) in [5, 5.41) is 1.29. The van der Waals surface area contributed by atoms with E-state index in [2.05, 4.69) is 0 Å². The topological polar surface area (TPSA) is 18.5 Å². The van der Waals surface area contributed by atoms with Crippen molar-refractivity contribution in [2.24, 2.45) is 0 Å². The maximum Gasteiger partial charge on any atom is 0.161 e. The van der Waals surface area contributed by atoms with Gasteiger partial charge < -0.3 is 9.47 Å². The molecule has 0 aliphatic carbocycles. The van der Waals surface area contributed by atoms with Crippen LogP contribution >= 0.6 is 23.2 Å². The highest BCUT2D eigenvalue weighted by Gasteiger charge is 2.11. The standard InChI is InChI=1S/C12H16Cl2O2/c1-3-15-12(16-4-2)7-9-5-6-10(13)8-11(9)14/h5-6,8,12H,3-4,7H2,1-2H3. The number of benzene rings is 1. The van der Waals surface area contributed by atoms with Gasteiger partial charge in [0.2, 0.25) is 0 Å².